The third kappa shape index (κ3) is 5.57. The first-order valence-corrected chi connectivity index (χ1v) is 11.5. The molecule has 2 aromatic carbocycles. The Morgan fingerprint density at radius 1 is 0.903 bits per heavy atom. The summed E-state index contributed by atoms with van der Waals surface area (Å²) < 4.78 is 26.2. The maximum absolute atomic E-state index is 13.4. The van der Waals surface area contributed by atoms with Gasteiger partial charge in [-0.15, -0.1) is 0 Å². The minimum Gasteiger partial charge on any atom is -0.330 e. The molecule has 7 heteroatoms. The van der Waals surface area contributed by atoms with Crippen molar-refractivity contribution < 1.29 is 13.2 Å². The van der Waals surface area contributed by atoms with Crippen molar-refractivity contribution in [2.24, 2.45) is 0 Å². The summed E-state index contributed by atoms with van der Waals surface area (Å²) in [6.45, 7) is 2.87. The van der Waals surface area contributed by atoms with Crippen molar-refractivity contribution in [3.63, 3.8) is 0 Å². The minimum atomic E-state index is -3.63. The summed E-state index contributed by atoms with van der Waals surface area (Å²) in [5, 5.41) is 0. The van der Waals surface area contributed by atoms with Gasteiger partial charge >= 0.3 is 0 Å². The highest BCUT2D eigenvalue weighted by molar-refractivity contribution is 7.89. The predicted molar refractivity (Wildman–Crippen MR) is 121 cm³/mol. The lowest BCUT2D eigenvalue weighted by Crippen LogP contribution is -2.30. The van der Waals surface area contributed by atoms with E-state index in [4.69, 9.17) is 0 Å². The Morgan fingerprint density at radius 2 is 1.58 bits per heavy atom. The number of rotatable bonds is 8. The van der Waals surface area contributed by atoms with Gasteiger partial charge in [0.05, 0.1) is 4.90 Å². The third-order valence-electron chi connectivity index (χ3n) is 5.05. The largest absolute Gasteiger partial charge is 0.330 e. The van der Waals surface area contributed by atoms with Crippen molar-refractivity contribution in [2.75, 3.05) is 14.1 Å². The maximum atomic E-state index is 13.4. The lowest BCUT2D eigenvalue weighted by atomic mass is 10.1. The zero-order valence-electron chi connectivity index (χ0n) is 18.0. The van der Waals surface area contributed by atoms with Crippen molar-refractivity contribution in [1.29, 1.82) is 0 Å². The molecule has 6 nitrogen and oxygen atoms in total. The van der Waals surface area contributed by atoms with Gasteiger partial charge in [-0.05, 0) is 47.4 Å². The second-order valence-corrected chi connectivity index (χ2v) is 9.66. The zero-order chi connectivity index (χ0) is 22.4. The quantitative estimate of drug-likeness (QED) is 0.538. The number of amides is 1. The van der Waals surface area contributed by atoms with Crippen LogP contribution in [-0.4, -0.2) is 42.6 Å². The fraction of sp³-hybridized carbons (Fsp3) is 0.250. The molecule has 0 spiro atoms. The van der Waals surface area contributed by atoms with Crippen LogP contribution in [0, 0.1) is 0 Å². The Kier molecular flexibility index (Phi) is 7.20. The molecule has 1 aromatic heterocycles. The Hall–Kier alpha value is -3.03. The van der Waals surface area contributed by atoms with E-state index in [1.807, 2.05) is 24.3 Å². The first-order chi connectivity index (χ1) is 14.8. The van der Waals surface area contributed by atoms with Crippen molar-refractivity contribution in [1.82, 2.24) is 14.2 Å². The van der Waals surface area contributed by atoms with E-state index in [-0.39, 0.29) is 10.8 Å². The first-order valence-electron chi connectivity index (χ1n) is 10.1. The van der Waals surface area contributed by atoms with Gasteiger partial charge in [0.25, 0.3) is 5.91 Å². The van der Waals surface area contributed by atoms with E-state index in [9.17, 15) is 13.2 Å². The van der Waals surface area contributed by atoms with Crippen molar-refractivity contribution in [3.8, 4) is 0 Å². The van der Waals surface area contributed by atoms with E-state index < -0.39 is 10.0 Å². The van der Waals surface area contributed by atoms with E-state index in [1.54, 1.807) is 29.4 Å². The molecule has 0 bridgehead atoms. The van der Waals surface area contributed by atoms with Crippen LogP contribution >= 0.6 is 0 Å². The first kappa shape index (κ1) is 22.7. The van der Waals surface area contributed by atoms with Crippen LogP contribution in [0.2, 0.25) is 0 Å². The molecular weight excluding hydrogens is 410 g/mol. The fourth-order valence-electron chi connectivity index (χ4n) is 3.20. The fourth-order valence-corrected chi connectivity index (χ4v) is 4.14. The summed E-state index contributed by atoms with van der Waals surface area (Å²) in [5.41, 5.74) is 3.47. The van der Waals surface area contributed by atoms with Gasteiger partial charge in [-0.25, -0.2) is 12.7 Å². The topological polar surface area (TPSA) is 70.6 Å². The van der Waals surface area contributed by atoms with Gasteiger partial charge in [-0.2, -0.15) is 0 Å². The highest BCUT2D eigenvalue weighted by Crippen LogP contribution is 2.19. The molecule has 0 radical (unpaired) electrons. The standard InChI is InChI=1S/C24H27N3O3S/c1-4-19-10-12-20(13-11-19)17-27(18-21-7-6-14-25-16-21)24(28)22-8-5-9-23(15-22)31(29,30)26(2)3/h5-16H,4,17-18H2,1-3H3. The van der Waals surface area contributed by atoms with Gasteiger partial charge in [-0.3, -0.25) is 9.78 Å². The maximum Gasteiger partial charge on any atom is 0.254 e. The number of hydrogen-bond donors (Lipinski definition) is 0. The highest BCUT2D eigenvalue weighted by atomic mass is 32.2. The number of aromatic nitrogens is 1. The molecular formula is C24H27N3O3S. The average molecular weight is 438 g/mol. The van der Waals surface area contributed by atoms with Gasteiger partial charge in [0.2, 0.25) is 10.0 Å². The number of carbonyl (C=O) groups is 1. The van der Waals surface area contributed by atoms with E-state index in [2.05, 4.69) is 24.0 Å². The molecule has 0 atom stereocenters. The van der Waals surface area contributed by atoms with Gasteiger partial charge in [-0.1, -0.05) is 43.3 Å². The average Bonchev–Trinajstić information content (AvgIpc) is 2.79. The summed E-state index contributed by atoms with van der Waals surface area (Å²) in [4.78, 5) is 19.4. The number of benzene rings is 2. The van der Waals surface area contributed by atoms with Gasteiger partial charge in [0, 0.05) is 45.1 Å². The Bertz CT molecular complexity index is 1130. The highest BCUT2D eigenvalue weighted by Gasteiger charge is 2.22. The smallest absolute Gasteiger partial charge is 0.254 e. The lowest BCUT2D eigenvalue weighted by Gasteiger charge is -2.23. The zero-order valence-corrected chi connectivity index (χ0v) is 18.8. The second-order valence-electron chi connectivity index (χ2n) is 7.51. The molecule has 0 N–H and O–H groups in total. The Balaban J connectivity index is 1.93. The summed E-state index contributed by atoms with van der Waals surface area (Å²) in [6.07, 6.45) is 4.37. The molecule has 1 amide bonds. The summed E-state index contributed by atoms with van der Waals surface area (Å²) >= 11 is 0. The molecule has 31 heavy (non-hydrogen) atoms. The molecule has 0 aliphatic carbocycles. The van der Waals surface area contributed by atoms with Crippen LogP contribution in [-0.2, 0) is 29.5 Å². The number of hydrogen-bond acceptors (Lipinski definition) is 4. The van der Waals surface area contributed by atoms with Crippen LogP contribution in [0.4, 0.5) is 0 Å². The molecule has 0 fully saturated rings. The van der Waals surface area contributed by atoms with Gasteiger partial charge in [0.15, 0.2) is 0 Å². The Labute approximate surface area is 184 Å². The molecule has 3 aromatic rings. The van der Waals surface area contributed by atoms with E-state index in [0.29, 0.717) is 18.7 Å². The molecule has 0 saturated carbocycles. The SMILES string of the molecule is CCc1ccc(CN(Cc2cccnc2)C(=O)c2cccc(S(=O)(=O)N(C)C)c2)cc1. The number of pyridine rings is 1. The molecule has 1 heterocycles. The summed E-state index contributed by atoms with van der Waals surface area (Å²) in [6, 6.07) is 18.1. The summed E-state index contributed by atoms with van der Waals surface area (Å²) in [5.74, 6) is -0.237. The van der Waals surface area contributed by atoms with Crippen LogP contribution in [0.3, 0.4) is 0 Å². The van der Waals surface area contributed by atoms with Gasteiger partial charge in [0.1, 0.15) is 0 Å². The minimum absolute atomic E-state index is 0.0944. The van der Waals surface area contributed by atoms with Crippen LogP contribution < -0.4 is 0 Å². The van der Waals surface area contributed by atoms with E-state index >= 15 is 0 Å². The van der Waals surface area contributed by atoms with Crippen molar-refractivity contribution in [3.05, 3.63) is 95.3 Å². The predicted octanol–water partition coefficient (Wildman–Crippen LogP) is 3.74. The third-order valence-corrected chi connectivity index (χ3v) is 6.86. The molecule has 162 valence electrons. The number of aryl methyl sites for hydroxylation is 1. The number of carbonyl (C=O) groups excluding carboxylic acids is 1. The van der Waals surface area contributed by atoms with E-state index in [1.165, 1.54) is 31.8 Å². The van der Waals surface area contributed by atoms with Crippen molar-refractivity contribution in [2.45, 2.75) is 31.3 Å². The van der Waals surface area contributed by atoms with Crippen LogP contribution in [0.15, 0.2) is 78.0 Å². The van der Waals surface area contributed by atoms with E-state index in [0.717, 1.165) is 21.9 Å². The monoisotopic (exact) mass is 437 g/mol. The second kappa shape index (κ2) is 9.85. The Morgan fingerprint density at radius 3 is 2.19 bits per heavy atom. The van der Waals surface area contributed by atoms with Gasteiger partial charge < -0.3 is 4.90 Å². The molecule has 0 saturated heterocycles. The van der Waals surface area contributed by atoms with Crippen LogP contribution in [0.1, 0.15) is 34.0 Å². The number of sulfonamides is 1. The van der Waals surface area contributed by atoms with Crippen LogP contribution in [0.5, 0.6) is 0 Å². The lowest BCUT2D eigenvalue weighted by molar-refractivity contribution is 0.0729. The number of nitrogens with zero attached hydrogens (tertiary/aromatic N) is 3. The van der Waals surface area contributed by atoms with Crippen molar-refractivity contribution >= 4 is 15.9 Å². The molecule has 0 aliphatic rings. The molecule has 0 aliphatic heterocycles. The normalized spacial score (nSPS) is 11.5. The van der Waals surface area contributed by atoms with Crippen LogP contribution in [0.25, 0.3) is 0 Å². The molecule has 0 unspecified atom stereocenters. The molecule has 3 rings (SSSR count). The summed E-state index contributed by atoms with van der Waals surface area (Å²) in [7, 11) is -0.690.